The van der Waals surface area contributed by atoms with E-state index in [1.807, 2.05) is 13.0 Å². The predicted molar refractivity (Wildman–Crippen MR) is 117 cm³/mol. The maximum atomic E-state index is 13.9. The first-order valence-electron chi connectivity index (χ1n) is 11.2. The highest BCUT2D eigenvalue weighted by Gasteiger charge is 2.30. The number of nitrogens with zero attached hydrogens (tertiary/aromatic N) is 5. The molecule has 8 nitrogen and oxygen atoms in total. The normalized spacial score (nSPS) is 23.6. The number of fused-ring (bicyclic) bond motifs is 1. The van der Waals surface area contributed by atoms with Crippen molar-refractivity contribution in [3.63, 3.8) is 0 Å². The lowest BCUT2D eigenvalue weighted by Gasteiger charge is -2.27. The summed E-state index contributed by atoms with van der Waals surface area (Å²) in [5.74, 6) is 0.194. The molecule has 1 aliphatic heterocycles. The number of aliphatic hydroxyl groups excluding tert-OH is 1. The summed E-state index contributed by atoms with van der Waals surface area (Å²) in [6.45, 7) is 2.69. The van der Waals surface area contributed by atoms with Crippen molar-refractivity contribution < 1.29 is 14.3 Å². The summed E-state index contributed by atoms with van der Waals surface area (Å²) in [7, 11) is 0. The van der Waals surface area contributed by atoms with Gasteiger partial charge >= 0.3 is 0 Å². The number of hydrogen-bond donors (Lipinski definition) is 2. The van der Waals surface area contributed by atoms with E-state index in [1.165, 1.54) is 6.20 Å². The van der Waals surface area contributed by atoms with E-state index in [2.05, 4.69) is 20.3 Å². The zero-order valence-electron chi connectivity index (χ0n) is 18.0. The van der Waals surface area contributed by atoms with Crippen LogP contribution in [0.4, 0.5) is 10.2 Å². The number of carbonyl (C=O) groups excluding carboxylic acids is 1. The monoisotopic (exact) mass is 438 g/mol. The molecule has 5 rings (SSSR count). The molecule has 0 spiro atoms. The van der Waals surface area contributed by atoms with Gasteiger partial charge in [-0.3, -0.25) is 9.78 Å². The lowest BCUT2D eigenvalue weighted by Crippen LogP contribution is -2.38. The first-order chi connectivity index (χ1) is 15.5. The van der Waals surface area contributed by atoms with Gasteiger partial charge in [-0.25, -0.2) is 13.9 Å². The van der Waals surface area contributed by atoms with E-state index in [0.29, 0.717) is 24.1 Å². The van der Waals surface area contributed by atoms with Gasteiger partial charge in [0.05, 0.1) is 24.5 Å². The summed E-state index contributed by atoms with van der Waals surface area (Å²) >= 11 is 0. The Balaban J connectivity index is 1.42. The van der Waals surface area contributed by atoms with Crippen molar-refractivity contribution in [1.29, 1.82) is 0 Å². The van der Waals surface area contributed by atoms with Crippen LogP contribution < -0.4 is 10.2 Å². The third-order valence-electron chi connectivity index (χ3n) is 6.63. The summed E-state index contributed by atoms with van der Waals surface area (Å²) in [4.78, 5) is 24.1. The molecule has 4 heterocycles. The minimum Gasteiger partial charge on any atom is -0.393 e. The summed E-state index contributed by atoms with van der Waals surface area (Å²) in [5.41, 5.74) is 2.61. The number of pyridine rings is 1. The number of aryl methyl sites for hydroxylation is 1. The van der Waals surface area contributed by atoms with Crippen molar-refractivity contribution in [2.75, 3.05) is 11.4 Å². The quantitative estimate of drug-likeness (QED) is 0.650. The molecular weight excluding hydrogens is 411 g/mol. The lowest BCUT2D eigenvalue weighted by atomic mass is 9.93. The number of hydrogen-bond acceptors (Lipinski definition) is 6. The molecule has 168 valence electrons. The zero-order valence-corrected chi connectivity index (χ0v) is 18.0. The minimum absolute atomic E-state index is 0.0120. The highest BCUT2D eigenvalue weighted by Crippen LogP contribution is 2.36. The fourth-order valence-corrected chi connectivity index (χ4v) is 4.89. The summed E-state index contributed by atoms with van der Waals surface area (Å²) in [6, 6.07) is 3.48. The van der Waals surface area contributed by atoms with Gasteiger partial charge < -0.3 is 15.3 Å². The Morgan fingerprint density at radius 2 is 2.03 bits per heavy atom. The topological polar surface area (TPSA) is 95.7 Å². The fourth-order valence-electron chi connectivity index (χ4n) is 4.89. The van der Waals surface area contributed by atoms with Gasteiger partial charge in [-0.2, -0.15) is 5.10 Å². The number of nitrogens with one attached hydrogen (secondary N) is 1. The van der Waals surface area contributed by atoms with Crippen molar-refractivity contribution in [3.8, 4) is 0 Å². The number of carbonyl (C=O) groups is 1. The molecule has 9 heteroatoms. The Kier molecular flexibility index (Phi) is 5.50. The number of amides is 1. The average Bonchev–Trinajstić information content (AvgIpc) is 3.43. The van der Waals surface area contributed by atoms with Crippen LogP contribution in [0.2, 0.25) is 0 Å². The van der Waals surface area contributed by atoms with Gasteiger partial charge in [0.15, 0.2) is 5.65 Å². The van der Waals surface area contributed by atoms with Crippen LogP contribution in [0.3, 0.4) is 0 Å². The van der Waals surface area contributed by atoms with Crippen LogP contribution in [0.5, 0.6) is 0 Å². The van der Waals surface area contributed by atoms with E-state index in [4.69, 9.17) is 4.98 Å². The number of aliphatic hydroxyl groups is 1. The van der Waals surface area contributed by atoms with Crippen LogP contribution in [0.25, 0.3) is 5.65 Å². The van der Waals surface area contributed by atoms with Gasteiger partial charge in [-0.15, -0.1) is 0 Å². The molecular formula is C23H27FN6O2. The Morgan fingerprint density at radius 1 is 1.22 bits per heavy atom. The summed E-state index contributed by atoms with van der Waals surface area (Å²) < 4.78 is 15.5. The highest BCUT2D eigenvalue weighted by atomic mass is 19.1. The second kappa shape index (κ2) is 8.46. The average molecular weight is 439 g/mol. The molecule has 2 N–H and O–H groups in total. The van der Waals surface area contributed by atoms with E-state index in [1.54, 1.807) is 23.0 Å². The van der Waals surface area contributed by atoms with E-state index in [0.717, 1.165) is 49.3 Å². The largest absolute Gasteiger partial charge is 0.393 e. The van der Waals surface area contributed by atoms with Gasteiger partial charge in [-0.1, -0.05) is 0 Å². The van der Waals surface area contributed by atoms with Crippen LogP contribution in [0.15, 0.2) is 30.7 Å². The molecule has 3 aromatic rings. The molecule has 1 aliphatic carbocycles. The molecule has 2 fully saturated rings. The van der Waals surface area contributed by atoms with Crippen LogP contribution in [-0.4, -0.2) is 49.3 Å². The maximum Gasteiger partial charge on any atom is 0.256 e. The molecule has 1 saturated carbocycles. The van der Waals surface area contributed by atoms with E-state index < -0.39 is 0 Å². The van der Waals surface area contributed by atoms with Gasteiger partial charge in [0, 0.05) is 24.5 Å². The van der Waals surface area contributed by atoms with Gasteiger partial charge in [0.25, 0.3) is 5.91 Å². The molecule has 3 aromatic heterocycles. The number of anilines is 1. The third kappa shape index (κ3) is 3.92. The van der Waals surface area contributed by atoms with Crippen LogP contribution in [0, 0.1) is 12.7 Å². The molecule has 0 aromatic carbocycles. The second-order valence-corrected chi connectivity index (χ2v) is 8.77. The Bertz CT molecular complexity index is 1140. The van der Waals surface area contributed by atoms with Crippen molar-refractivity contribution >= 4 is 17.4 Å². The van der Waals surface area contributed by atoms with E-state index in [-0.39, 0.29) is 29.9 Å². The molecule has 2 aliphatic rings. The highest BCUT2D eigenvalue weighted by molar-refractivity contribution is 5.99. The van der Waals surface area contributed by atoms with Crippen molar-refractivity contribution in [1.82, 2.24) is 24.9 Å². The maximum absolute atomic E-state index is 13.9. The predicted octanol–water partition coefficient (Wildman–Crippen LogP) is 2.95. The first kappa shape index (κ1) is 20.8. The fraction of sp³-hybridized carbons (Fsp3) is 0.478. The van der Waals surface area contributed by atoms with Crippen LogP contribution >= 0.6 is 0 Å². The zero-order chi connectivity index (χ0) is 22.2. The molecule has 1 amide bonds. The molecule has 0 bridgehead atoms. The number of rotatable bonds is 4. The molecule has 32 heavy (non-hydrogen) atoms. The van der Waals surface area contributed by atoms with Crippen molar-refractivity contribution in [2.24, 2.45) is 0 Å². The Morgan fingerprint density at radius 3 is 2.84 bits per heavy atom. The Hall–Kier alpha value is -3.07. The summed E-state index contributed by atoms with van der Waals surface area (Å²) in [6.07, 6.45) is 9.11. The molecule has 1 atom stereocenters. The molecule has 0 unspecified atom stereocenters. The van der Waals surface area contributed by atoms with Crippen LogP contribution in [0.1, 0.15) is 66.2 Å². The summed E-state index contributed by atoms with van der Waals surface area (Å²) in [5, 5.41) is 17.0. The van der Waals surface area contributed by atoms with Gasteiger partial charge in [0.1, 0.15) is 17.2 Å². The first-order valence-corrected chi connectivity index (χ1v) is 11.2. The minimum atomic E-state index is -0.342. The smallest absolute Gasteiger partial charge is 0.256 e. The Labute approximate surface area is 185 Å². The van der Waals surface area contributed by atoms with Crippen LogP contribution in [-0.2, 0) is 0 Å². The number of halogens is 1. The second-order valence-electron chi connectivity index (χ2n) is 8.77. The molecule has 0 radical (unpaired) electrons. The lowest BCUT2D eigenvalue weighted by molar-refractivity contribution is 0.0869. The van der Waals surface area contributed by atoms with Gasteiger partial charge in [-0.05, 0) is 63.1 Å². The van der Waals surface area contributed by atoms with Crippen molar-refractivity contribution in [2.45, 2.75) is 63.6 Å². The third-order valence-corrected chi connectivity index (χ3v) is 6.63. The van der Waals surface area contributed by atoms with Gasteiger partial charge in [0.2, 0.25) is 0 Å². The SMILES string of the molecule is Cc1ncc(F)cc1[C@H]1CCCN1c1ccn2ncc(C(=O)NC3CCC(O)CC3)c2n1. The van der Waals surface area contributed by atoms with E-state index >= 15 is 0 Å². The standard InChI is InChI=1S/C23H27FN6O2/c1-14-18(11-15(24)12-25-14)20-3-2-9-29(20)21-8-10-30-22(28-21)19(13-26-30)23(32)27-16-4-6-17(31)7-5-16/h8,10-13,16-17,20,31H,2-7,9H2,1H3,(H,27,32)/t16?,17?,20-/m1/s1. The van der Waals surface area contributed by atoms with Crippen molar-refractivity contribution in [3.05, 3.63) is 53.4 Å². The van der Waals surface area contributed by atoms with E-state index in [9.17, 15) is 14.3 Å². The number of aromatic nitrogens is 4. The molecule has 1 saturated heterocycles.